The van der Waals surface area contributed by atoms with Gasteiger partial charge in [-0.05, 0) is 164 Å². The number of rotatable bonds is 4. The summed E-state index contributed by atoms with van der Waals surface area (Å²) < 4.78 is 0. The first-order chi connectivity index (χ1) is 24.7. The molecule has 0 unspecified atom stereocenters. The molecular weight excluding hydrogens is 601 g/mol. The molecule has 0 spiro atoms. The van der Waals surface area contributed by atoms with Gasteiger partial charge in [-0.1, -0.05) is 127 Å². The first kappa shape index (κ1) is 27.5. The molecule has 50 heavy (non-hydrogen) atoms. The van der Waals surface area contributed by atoms with Crippen LogP contribution in [0.25, 0.3) is 109 Å². The van der Waals surface area contributed by atoms with Gasteiger partial charge >= 0.3 is 0 Å². The molecule has 0 heterocycles. The van der Waals surface area contributed by atoms with Gasteiger partial charge in [0.05, 0.1) is 0 Å². The molecule has 0 amide bonds. The maximum atomic E-state index is 2.39. The van der Waals surface area contributed by atoms with E-state index in [1.54, 1.807) is 0 Å². The molecule has 0 nitrogen and oxygen atoms in total. The van der Waals surface area contributed by atoms with Gasteiger partial charge in [0.15, 0.2) is 0 Å². The van der Waals surface area contributed by atoms with Crippen molar-refractivity contribution >= 4 is 64.6 Å². The van der Waals surface area contributed by atoms with E-state index in [1.165, 1.54) is 109 Å². The van der Waals surface area contributed by atoms with Crippen LogP contribution in [0.5, 0.6) is 0 Å². The van der Waals surface area contributed by atoms with E-state index in [1.807, 2.05) is 0 Å². The first-order valence-electron chi connectivity index (χ1n) is 17.4. The third-order valence-electron chi connectivity index (χ3n) is 10.8. The van der Waals surface area contributed by atoms with E-state index in [2.05, 4.69) is 182 Å². The van der Waals surface area contributed by atoms with E-state index in [0.29, 0.717) is 0 Å². The Morgan fingerprint density at radius 2 is 0.420 bits per heavy atom. The minimum atomic E-state index is 1.23. The van der Waals surface area contributed by atoms with Gasteiger partial charge in [-0.2, -0.15) is 0 Å². The number of hydrogen-bond acceptors (Lipinski definition) is 0. The summed E-state index contributed by atoms with van der Waals surface area (Å²) in [5.41, 5.74) is 9.89. The Labute approximate surface area is 290 Å². The van der Waals surface area contributed by atoms with E-state index < -0.39 is 0 Å². The standard InChI is InChI=1S/C50H30/c1-3-8-31(9-4-1)41-28-42(32-10-5-2-6-11-32)30-46(29-41)45-26-39-20-18-37-24-44(25-38-19-21-40(27-45)50(39)49(37)38)43-22-35-16-14-33-12-7-13-34-15-17-36(23-43)48(35)47(33)34/h1-30H. The molecule has 11 aromatic carbocycles. The molecule has 0 saturated carbocycles. The number of benzene rings is 11. The van der Waals surface area contributed by atoms with Crippen LogP contribution in [0, 0.1) is 0 Å². The van der Waals surface area contributed by atoms with Crippen LogP contribution in [0.4, 0.5) is 0 Å². The van der Waals surface area contributed by atoms with E-state index in [4.69, 9.17) is 0 Å². The van der Waals surface area contributed by atoms with E-state index in [-0.39, 0.29) is 0 Å². The molecule has 0 aliphatic carbocycles. The van der Waals surface area contributed by atoms with Gasteiger partial charge in [0.25, 0.3) is 0 Å². The molecule has 0 heteroatoms. The summed E-state index contributed by atoms with van der Waals surface area (Å²) in [4.78, 5) is 0. The SMILES string of the molecule is c1ccc(-c2cc(-c3ccccc3)cc(-c3cc4ccc5cc(-c6cc7ccc8cccc9ccc(c6)c7c89)cc6ccc(c3)c4c56)c2)cc1. The van der Waals surface area contributed by atoms with E-state index in [9.17, 15) is 0 Å². The van der Waals surface area contributed by atoms with Crippen LogP contribution in [-0.2, 0) is 0 Å². The third kappa shape index (κ3) is 4.19. The lowest BCUT2D eigenvalue weighted by Gasteiger charge is -2.16. The average molecular weight is 631 g/mol. The summed E-state index contributed by atoms with van der Waals surface area (Å²) in [5, 5.41) is 15.7. The Kier molecular flexibility index (Phi) is 5.76. The molecule has 0 bridgehead atoms. The minimum absolute atomic E-state index is 1.23. The van der Waals surface area contributed by atoms with Crippen molar-refractivity contribution in [3.63, 3.8) is 0 Å². The highest BCUT2D eigenvalue weighted by molar-refractivity contribution is 6.26. The van der Waals surface area contributed by atoms with Gasteiger partial charge in [-0.3, -0.25) is 0 Å². The van der Waals surface area contributed by atoms with Gasteiger partial charge in [-0.25, -0.2) is 0 Å². The van der Waals surface area contributed by atoms with Crippen LogP contribution in [0.15, 0.2) is 182 Å². The molecule has 0 aliphatic rings. The molecule has 0 aromatic heterocycles. The van der Waals surface area contributed by atoms with Crippen molar-refractivity contribution in [3.8, 4) is 44.5 Å². The van der Waals surface area contributed by atoms with Crippen LogP contribution in [0.1, 0.15) is 0 Å². The predicted molar refractivity (Wildman–Crippen MR) is 216 cm³/mol. The van der Waals surface area contributed by atoms with Crippen molar-refractivity contribution in [1.29, 1.82) is 0 Å². The van der Waals surface area contributed by atoms with Crippen molar-refractivity contribution in [1.82, 2.24) is 0 Å². The lowest BCUT2D eigenvalue weighted by atomic mass is 9.87. The largest absolute Gasteiger partial charge is 0.0622 e. The Hall–Kier alpha value is -6.50. The number of hydrogen-bond donors (Lipinski definition) is 0. The molecule has 11 aromatic rings. The van der Waals surface area contributed by atoms with Crippen molar-refractivity contribution in [2.45, 2.75) is 0 Å². The first-order valence-corrected chi connectivity index (χ1v) is 17.4. The zero-order valence-corrected chi connectivity index (χ0v) is 27.3. The van der Waals surface area contributed by atoms with Gasteiger partial charge in [-0.15, -0.1) is 0 Å². The van der Waals surface area contributed by atoms with Crippen LogP contribution < -0.4 is 0 Å². The minimum Gasteiger partial charge on any atom is -0.0622 e. The second-order valence-electron chi connectivity index (χ2n) is 13.8. The normalized spacial score (nSPS) is 12.0. The van der Waals surface area contributed by atoms with Crippen molar-refractivity contribution in [2.75, 3.05) is 0 Å². The second-order valence-corrected chi connectivity index (χ2v) is 13.8. The fourth-order valence-electron chi connectivity index (χ4n) is 8.48. The summed E-state index contributed by atoms with van der Waals surface area (Å²) in [7, 11) is 0. The topological polar surface area (TPSA) is 0 Å². The zero-order chi connectivity index (χ0) is 32.8. The van der Waals surface area contributed by atoms with Gasteiger partial charge in [0.1, 0.15) is 0 Å². The Balaban J connectivity index is 1.07. The van der Waals surface area contributed by atoms with Gasteiger partial charge < -0.3 is 0 Å². The Bertz CT molecular complexity index is 2870. The summed E-state index contributed by atoms with van der Waals surface area (Å²) in [6, 6.07) is 67.7. The quantitative estimate of drug-likeness (QED) is 0.170. The third-order valence-corrected chi connectivity index (χ3v) is 10.8. The molecular formula is C50H30. The van der Waals surface area contributed by atoms with Gasteiger partial charge in [0.2, 0.25) is 0 Å². The smallest absolute Gasteiger partial charge is 0.00264 e. The summed E-state index contributed by atoms with van der Waals surface area (Å²) >= 11 is 0. The highest BCUT2D eigenvalue weighted by Gasteiger charge is 2.15. The summed E-state index contributed by atoms with van der Waals surface area (Å²) in [5.74, 6) is 0. The molecule has 0 N–H and O–H groups in total. The highest BCUT2D eigenvalue weighted by atomic mass is 14.2. The lowest BCUT2D eigenvalue weighted by molar-refractivity contribution is 1.57. The molecule has 0 aliphatic heterocycles. The van der Waals surface area contributed by atoms with Gasteiger partial charge in [0, 0.05) is 0 Å². The molecule has 230 valence electrons. The van der Waals surface area contributed by atoms with Crippen LogP contribution in [0.2, 0.25) is 0 Å². The molecule has 0 saturated heterocycles. The van der Waals surface area contributed by atoms with Crippen LogP contribution in [0.3, 0.4) is 0 Å². The van der Waals surface area contributed by atoms with Crippen molar-refractivity contribution < 1.29 is 0 Å². The molecule has 0 atom stereocenters. The average Bonchev–Trinajstić information content (AvgIpc) is 3.19. The van der Waals surface area contributed by atoms with Crippen molar-refractivity contribution in [2.24, 2.45) is 0 Å². The Morgan fingerprint density at radius 3 is 0.760 bits per heavy atom. The molecule has 0 fully saturated rings. The maximum Gasteiger partial charge on any atom is -0.00264 e. The highest BCUT2D eigenvalue weighted by Crippen LogP contribution is 2.42. The Morgan fingerprint density at radius 1 is 0.160 bits per heavy atom. The lowest BCUT2D eigenvalue weighted by Crippen LogP contribution is -1.90. The van der Waals surface area contributed by atoms with Crippen LogP contribution in [-0.4, -0.2) is 0 Å². The van der Waals surface area contributed by atoms with E-state index in [0.717, 1.165) is 0 Å². The second kappa shape index (κ2) is 10.5. The summed E-state index contributed by atoms with van der Waals surface area (Å²) in [6.07, 6.45) is 0. The molecule has 11 rings (SSSR count). The maximum absolute atomic E-state index is 2.39. The monoisotopic (exact) mass is 630 g/mol. The van der Waals surface area contributed by atoms with Crippen molar-refractivity contribution in [3.05, 3.63) is 182 Å². The molecule has 0 radical (unpaired) electrons. The zero-order valence-electron chi connectivity index (χ0n) is 27.3. The fraction of sp³-hybridized carbons (Fsp3) is 0. The predicted octanol–water partition coefficient (Wildman–Crippen LogP) is 14.1. The summed E-state index contributed by atoms with van der Waals surface area (Å²) in [6.45, 7) is 0. The fourth-order valence-corrected chi connectivity index (χ4v) is 8.48. The van der Waals surface area contributed by atoms with Crippen LogP contribution >= 0.6 is 0 Å². The van der Waals surface area contributed by atoms with E-state index >= 15 is 0 Å².